The molecule has 2 heterocycles. The first-order valence-electron chi connectivity index (χ1n) is 18.8. The van der Waals surface area contributed by atoms with Gasteiger partial charge in [-0.1, -0.05) is 133 Å². The predicted molar refractivity (Wildman–Crippen MR) is 230 cm³/mol. The topological polar surface area (TPSA) is 19.6 Å². The van der Waals surface area contributed by atoms with Crippen LogP contribution in [0.15, 0.2) is 211 Å². The number of hydrogen-bond donors (Lipinski definition) is 0. The summed E-state index contributed by atoms with van der Waals surface area (Å²) in [6.45, 7) is 0. The minimum atomic E-state index is 0.871. The molecule has 11 rings (SSSR count). The van der Waals surface area contributed by atoms with Crippen molar-refractivity contribution in [2.24, 2.45) is 0 Å². The summed E-state index contributed by atoms with van der Waals surface area (Å²) in [5, 5.41) is 4.78. The Bertz CT molecular complexity index is 3020. The molecule has 0 unspecified atom stereocenters. The fourth-order valence-corrected chi connectivity index (χ4v) is 8.38. The highest BCUT2D eigenvalue weighted by molar-refractivity contribution is 6.14. The first-order chi connectivity index (χ1) is 27.3. The van der Waals surface area contributed by atoms with Crippen LogP contribution in [-0.4, -0.2) is 0 Å². The third-order valence-corrected chi connectivity index (χ3v) is 11.0. The average Bonchev–Trinajstić information content (AvgIpc) is 3.63. The van der Waals surface area contributed by atoms with Gasteiger partial charge in [0.05, 0.1) is 11.4 Å². The van der Waals surface area contributed by atoms with Crippen LogP contribution in [0.2, 0.25) is 0 Å². The van der Waals surface area contributed by atoms with Gasteiger partial charge in [-0.05, 0) is 99.9 Å². The van der Waals surface area contributed by atoms with Crippen LogP contribution in [-0.2, 0) is 0 Å². The van der Waals surface area contributed by atoms with Crippen LogP contribution in [0, 0.1) is 0 Å². The van der Waals surface area contributed by atoms with E-state index in [2.05, 4.69) is 204 Å². The summed E-state index contributed by atoms with van der Waals surface area (Å²) in [4.78, 5) is 4.73. The van der Waals surface area contributed by atoms with E-state index >= 15 is 0 Å². The Morgan fingerprint density at radius 2 is 0.964 bits per heavy atom. The fourth-order valence-electron chi connectivity index (χ4n) is 8.38. The monoisotopic (exact) mass is 702 g/mol. The molecule has 10 aromatic rings. The number of para-hydroxylation sites is 2. The zero-order chi connectivity index (χ0) is 36.3. The molecule has 0 aliphatic carbocycles. The van der Waals surface area contributed by atoms with Crippen molar-refractivity contribution in [2.45, 2.75) is 0 Å². The molecule has 3 nitrogen and oxygen atoms in total. The zero-order valence-electron chi connectivity index (χ0n) is 29.9. The molecule has 0 N–H and O–H groups in total. The molecule has 0 saturated carbocycles. The number of nitrogens with zero attached hydrogens (tertiary/aromatic N) is 2. The lowest BCUT2D eigenvalue weighted by atomic mass is 9.89. The van der Waals surface area contributed by atoms with Crippen molar-refractivity contribution in [3.8, 4) is 33.4 Å². The van der Waals surface area contributed by atoms with E-state index in [0.29, 0.717) is 0 Å². The van der Waals surface area contributed by atoms with Crippen molar-refractivity contribution in [1.82, 2.24) is 0 Å². The van der Waals surface area contributed by atoms with Gasteiger partial charge >= 0.3 is 0 Å². The van der Waals surface area contributed by atoms with Gasteiger partial charge in [-0.25, -0.2) is 0 Å². The molecule has 1 aliphatic rings. The van der Waals surface area contributed by atoms with E-state index in [-0.39, 0.29) is 0 Å². The maximum atomic E-state index is 6.36. The van der Waals surface area contributed by atoms with E-state index in [1.54, 1.807) is 0 Å². The number of hydrogen-bond acceptors (Lipinski definition) is 3. The van der Waals surface area contributed by atoms with E-state index < -0.39 is 0 Å². The summed E-state index contributed by atoms with van der Waals surface area (Å²) in [6, 6.07) is 73.9. The maximum absolute atomic E-state index is 6.36. The summed E-state index contributed by atoms with van der Waals surface area (Å²) >= 11 is 0. The molecule has 0 saturated heterocycles. The number of anilines is 6. The van der Waals surface area contributed by atoms with Crippen LogP contribution in [0.1, 0.15) is 0 Å². The second-order valence-electron chi connectivity index (χ2n) is 14.2. The van der Waals surface area contributed by atoms with Gasteiger partial charge < -0.3 is 14.2 Å². The molecule has 55 heavy (non-hydrogen) atoms. The normalized spacial score (nSPS) is 12.0. The highest BCUT2D eigenvalue weighted by Gasteiger charge is 2.26. The van der Waals surface area contributed by atoms with Gasteiger partial charge in [-0.2, -0.15) is 0 Å². The van der Waals surface area contributed by atoms with E-state index in [4.69, 9.17) is 4.42 Å². The van der Waals surface area contributed by atoms with Gasteiger partial charge in [-0.15, -0.1) is 0 Å². The average molecular weight is 703 g/mol. The van der Waals surface area contributed by atoms with Crippen molar-refractivity contribution in [2.75, 3.05) is 9.80 Å². The van der Waals surface area contributed by atoms with Crippen molar-refractivity contribution in [3.63, 3.8) is 0 Å². The molecule has 1 aromatic heterocycles. The molecule has 1 aliphatic heterocycles. The Balaban J connectivity index is 1.02. The quantitative estimate of drug-likeness (QED) is 0.172. The first-order valence-corrected chi connectivity index (χ1v) is 18.8. The van der Waals surface area contributed by atoms with Gasteiger partial charge in [0.1, 0.15) is 11.2 Å². The van der Waals surface area contributed by atoms with Crippen LogP contribution in [0.25, 0.3) is 66.1 Å². The van der Waals surface area contributed by atoms with Crippen molar-refractivity contribution in [3.05, 3.63) is 206 Å². The highest BCUT2D eigenvalue weighted by atomic mass is 16.3. The molecular formula is C52H34N2O. The standard InChI is InChI=1S/C52H34N2O/c1-3-11-35(12-4-1)36-21-26-41(27-22-36)53(43-30-32-46-45-17-7-8-20-50(45)55-51(46)34-43)42-28-23-37(24-29-42)39-25-31-44-47-18-9-13-38-14-10-19-48(52(38)47)54(49(44)33-39)40-15-5-2-6-16-40/h1-34H. The van der Waals surface area contributed by atoms with Crippen LogP contribution in [0.3, 0.4) is 0 Å². The molecule has 3 heteroatoms. The Morgan fingerprint density at radius 1 is 0.364 bits per heavy atom. The van der Waals surface area contributed by atoms with Crippen molar-refractivity contribution in [1.29, 1.82) is 0 Å². The first kappa shape index (κ1) is 31.2. The van der Waals surface area contributed by atoms with E-state index in [9.17, 15) is 0 Å². The number of benzene rings is 9. The Kier molecular flexibility index (Phi) is 7.17. The van der Waals surface area contributed by atoms with Gasteiger partial charge in [-0.3, -0.25) is 0 Å². The largest absolute Gasteiger partial charge is 0.456 e. The summed E-state index contributed by atoms with van der Waals surface area (Å²) < 4.78 is 6.36. The van der Waals surface area contributed by atoms with Crippen LogP contribution in [0.5, 0.6) is 0 Å². The van der Waals surface area contributed by atoms with Gasteiger partial charge in [0.15, 0.2) is 0 Å². The maximum Gasteiger partial charge on any atom is 0.137 e. The predicted octanol–water partition coefficient (Wildman–Crippen LogP) is 15.0. The molecular weight excluding hydrogens is 669 g/mol. The van der Waals surface area contributed by atoms with Crippen LogP contribution >= 0.6 is 0 Å². The summed E-state index contributed by atoms with van der Waals surface area (Å²) in [6.07, 6.45) is 0. The Hall–Kier alpha value is -7.36. The molecule has 9 aromatic carbocycles. The smallest absolute Gasteiger partial charge is 0.137 e. The second kappa shape index (κ2) is 12.6. The molecule has 0 atom stereocenters. The molecule has 258 valence electrons. The van der Waals surface area contributed by atoms with E-state index in [1.165, 1.54) is 50.0 Å². The molecule has 0 spiro atoms. The summed E-state index contributed by atoms with van der Waals surface area (Å²) in [5.41, 5.74) is 15.7. The number of furan rings is 1. The lowest BCUT2D eigenvalue weighted by Gasteiger charge is -2.34. The molecule has 0 radical (unpaired) electrons. The zero-order valence-corrected chi connectivity index (χ0v) is 29.9. The third-order valence-electron chi connectivity index (χ3n) is 11.0. The number of fused-ring (bicyclic) bond motifs is 5. The molecule has 0 bridgehead atoms. The van der Waals surface area contributed by atoms with E-state index in [1.807, 2.05) is 12.1 Å². The van der Waals surface area contributed by atoms with Crippen molar-refractivity contribution < 1.29 is 4.42 Å². The fraction of sp³-hybridized carbons (Fsp3) is 0. The van der Waals surface area contributed by atoms with Gasteiger partial charge in [0, 0.05) is 50.5 Å². The van der Waals surface area contributed by atoms with Crippen molar-refractivity contribution >= 4 is 66.8 Å². The van der Waals surface area contributed by atoms with Gasteiger partial charge in [0.25, 0.3) is 0 Å². The SMILES string of the molecule is c1ccc(-c2ccc(N(c3ccc(-c4ccc5c(c4)N(c4ccccc4)c4cccc6cccc-5c46)cc3)c3ccc4c(c3)oc3ccccc34)cc2)cc1. The second-order valence-corrected chi connectivity index (χ2v) is 14.2. The number of rotatable bonds is 6. The minimum absolute atomic E-state index is 0.871. The summed E-state index contributed by atoms with van der Waals surface area (Å²) in [5.74, 6) is 0. The lowest BCUT2D eigenvalue weighted by Crippen LogP contribution is -2.15. The van der Waals surface area contributed by atoms with Crippen LogP contribution in [0.4, 0.5) is 34.1 Å². The summed E-state index contributed by atoms with van der Waals surface area (Å²) in [7, 11) is 0. The Morgan fingerprint density at radius 3 is 1.73 bits per heavy atom. The van der Waals surface area contributed by atoms with Crippen LogP contribution < -0.4 is 9.80 Å². The Labute approximate surface area is 319 Å². The molecule has 0 amide bonds. The molecule has 0 fully saturated rings. The third kappa shape index (κ3) is 5.20. The minimum Gasteiger partial charge on any atom is -0.456 e. The van der Waals surface area contributed by atoms with E-state index in [0.717, 1.165) is 50.3 Å². The lowest BCUT2D eigenvalue weighted by molar-refractivity contribution is 0.669. The highest BCUT2D eigenvalue weighted by Crippen LogP contribution is 2.52. The van der Waals surface area contributed by atoms with Gasteiger partial charge in [0.2, 0.25) is 0 Å².